The van der Waals surface area contributed by atoms with Crippen LogP contribution in [0.2, 0.25) is 0 Å². The summed E-state index contributed by atoms with van der Waals surface area (Å²) in [6.45, 7) is 12.4. The molecule has 1 aliphatic heterocycles. The molecule has 0 radical (unpaired) electrons. The first-order chi connectivity index (χ1) is 14.7. The average molecular weight is 518 g/mol. The molecule has 178 valence electrons. The van der Waals surface area contributed by atoms with Gasteiger partial charge in [-0.3, -0.25) is 15.5 Å². The molecule has 0 fully saturated rings. The van der Waals surface area contributed by atoms with Crippen LogP contribution in [-0.2, 0) is 17.4 Å². The van der Waals surface area contributed by atoms with E-state index in [1.807, 2.05) is 41.5 Å². The Morgan fingerprint density at radius 3 is 2.06 bits per heavy atom. The number of carbonyl (C=O) groups excluding carboxylic acids is 1. The van der Waals surface area contributed by atoms with Gasteiger partial charge in [0.15, 0.2) is 5.78 Å². The minimum Gasteiger partial charge on any atom is -0.507 e. The number of rotatable bonds is 4. The van der Waals surface area contributed by atoms with Crippen LogP contribution in [0.4, 0.5) is 10.5 Å². The lowest BCUT2D eigenvalue weighted by Gasteiger charge is -2.28. The molecule has 8 heteroatoms. The predicted molar refractivity (Wildman–Crippen MR) is 135 cm³/mol. The molecule has 7 nitrogen and oxygen atoms in total. The smallest absolute Gasteiger partial charge is 0.409 e. The van der Waals surface area contributed by atoms with Gasteiger partial charge in [0.05, 0.1) is 6.54 Å². The monoisotopic (exact) mass is 517 g/mol. The van der Waals surface area contributed by atoms with E-state index in [-0.39, 0.29) is 51.7 Å². The molecule has 1 aliphatic rings. The van der Waals surface area contributed by atoms with Crippen LogP contribution in [0, 0.1) is 5.41 Å². The zero-order chi connectivity index (χ0) is 24.0. The van der Waals surface area contributed by atoms with Crippen molar-refractivity contribution in [2.45, 2.75) is 58.9 Å². The molecule has 0 aromatic heterocycles. The minimum absolute atomic E-state index is 0. The largest absolute Gasteiger partial charge is 0.507 e. The number of phenols is 1. The molecule has 33 heavy (non-hydrogen) atoms. The van der Waals surface area contributed by atoms with E-state index in [0.29, 0.717) is 23.4 Å². The molecule has 0 unspecified atom stereocenters. The Bertz CT molecular complexity index is 1080. The van der Waals surface area contributed by atoms with Gasteiger partial charge in [-0.15, -0.1) is 17.0 Å². The second-order valence-corrected chi connectivity index (χ2v) is 10.3. The van der Waals surface area contributed by atoms with E-state index < -0.39 is 6.09 Å². The van der Waals surface area contributed by atoms with Crippen molar-refractivity contribution in [2.24, 2.45) is 0 Å². The molecule has 1 amide bonds. The fourth-order valence-electron chi connectivity index (χ4n) is 3.93. The fourth-order valence-corrected chi connectivity index (χ4v) is 3.93. The maximum Gasteiger partial charge on any atom is 0.409 e. The summed E-state index contributed by atoms with van der Waals surface area (Å²) in [5, 5.41) is 30.6. The van der Waals surface area contributed by atoms with Gasteiger partial charge in [0.2, 0.25) is 0 Å². The van der Waals surface area contributed by atoms with Gasteiger partial charge in [-0.05, 0) is 40.7 Å². The maximum absolute atomic E-state index is 13.3. The van der Waals surface area contributed by atoms with Crippen molar-refractivity contribution in [3.05, 3.63) is 58.1 Å². The standard InChI is InChI=1S/C25H31N3O4.BrH/c1-24(2,3)18-9-15(10-19(21(18)30)25(4,5)6)20(29)13-28-12-14-7-8-16(27-23(31)32)11-17(14)22(28)26;/h7-11,26-27,30H,12-13H2,1-6H3,(H,31,32);1H. The number of anilines is 1. The Labute approximate surface area is 205 Å². The van der Waals surface area contributed by atoms with Gasteiger partial charge in [-0.2, -0.15) is 0 Å². The van der Waals surface area contributed by atoms with Crippen molar-refractivity contribution < 1.29 is 19.8 Å². The molecule has 0 aliphatic carbocycles. The van der Waals surface area contributed by atoms with E-state index in [0.717, 1.165) is 16.7 Å². The van der Waals surface area contributed by atoms with Crippen molar-refractivity contribution in [2.75, 3.05) is 11.9 Å². The zero-order valence-electron chi connectivity index (χ0n) is 19.9. The third kappa shape index (κ3) is 5.55. The number of carbonyl (C=O) groups is 2. The number of amidine groups is 1. The zero-order valence-corrected chi connectivity index (χ0v) is 21.6. The molecule has 0 saturated carbocycles. The van der Waals surface area contributed by atoms with Gasteiger partial charge < -0.3 is 15.1 Å². The lowest BCUT2D eigenvalue weighted by Crippen LogP contribution is -2.30. The van der Waals surface area contributed by atoms with Crippen LogP contribution in [0.5, 0.6) is 5.75 Å². The molecule has 0 atom stereocenters. The summed E-state index contributed by atoms with van der Waals surface area (Å²) in [6, 6.07) is 8.56. The topological polar surface area (TPSA) is 114 Å². The predicted octanol–water partition coefficient (Wildman–Crippen LogP) is 5.68. The molecular formula is C25H32BrN3O4. The van der Waals surface area contributed by atoms with Crippen LogP contribution in [0.3, 0.4) is 0 Å². The second-order valence-electron chi connectivity index (χ2n) is 10.3. The van der Waals surface area contributed by atoms with Crippen molar-refractivity contribution in [1.82, 2.24) is 4.90 Å². The number of hydrogen-bond acceptors (Lipinski definition) is 4. The van der Waals surface area contributed by atoms with E-state index in [1.165, 1.54) is 0 Å². The highest BCUT2D eigenvalue weighted by Gasteiger charge is 2.30. The van der Waals surface area contributed by atoms with Crippen molar-refractivity contribution in [3.8, 4) is 5.75 Å². The van der Waals surface area contributed by atoms with E-state index >= 15 is 0 Å². The summed E-state index contributed by atoms with van der Waals surface area (Å²) >= 11 is 0. The third-order valence-electron chi connectivity index (χ3n) is 5.68. The first kappa shape index (κ1) is 26.4. The summed E-state index contributed by atoms with van der Waals surface area (Å²) in [4.78, 5) is 25.8. The molecule has 0 spiro atoms. The first-order valence-corrected chi connectivity index (χ1v) is 10.6. The highest BCUT2D eigenvalue weighted by molar-refractivity contribution is 8.93. The lowest BCUT2D eigenvalue weighted by atomic mass is 9.78. The Hall–Kier alpha value is -2.87. The number of nitrogens with one attached hydrogen (secondary N) is 2. The number of fused-ring (bicyclic) bond motifs is 1. The Balaban J connectivity index is 0.00000385. The summed E-state index contributed by atoms with van der Waals surface area (Å²) in [5.74, 6) is 0.275. The van der Waals surface area contributed by atoms with Crippen LogP contribution in [0.1, 0.15) is 74.2 Å². The molecular weight excluding hydrogens is 486 g/mol. The highest BCUT2D eigenvalue weighted by Crippen LogP contribution is 2.40. The van der Waals surface area contributed by atoms with Crippen LogP contribution >= 0.6 is 17.0 Å². The van der Waals surface area contributed by atoms with Crippen LogP contribution in [-0.4, -0.2) is 39.4 Å². The number of carboxylic acid groups (broad SMARTS) is 1. The Kier molecular flexibility index (Phi) is 7.33. The molecule has 0 bridgehead atoms. The van der Waals surface area contributed by atoms with Crippen molar-refractivity contribution in [1.29, 1.82) is 5.41 Å². The molecule has 4 N–H and O–H groups in total. The van der Waals surface area contributed by atoms with Gasteiger partial charge >= 0.3 is 6.09 Å². The van der Waals surface area contributed by atoms with E-state index in [9.17, 15) is 14.7 Å². The first-order valence-electron chi connectivity index (χ1n) is 10.6. The number of amides is 1. The molecule has 1 heterocycles. The van der Waals surface area contributed by atoms with E-state index in [4.69, 9.17) is 10.5 Å². The Morgan fingerprint density at radius 2 is 1.58 bits per heavy atom. The number of phenolic OH excluding ortho intramolecular Hbond substituents is 1. The quantitative estimate of drug-likeness (QED) is 0.389. The summed E-state index contributed by atoms with van der Waals surface area (Å²) in [7, 11) is 0. The fraction of sp³-hybridized carbons (Fsp3) is 0.400. The van der Waals surface area contributed by atoms with Crippen LogP contribution in [0.15, 0.2) is 30.3 Å². The van der Waals surface area contributed by atoms with Gasteiger partial charge in [0.1, 0.15) is 11.6 Å². The summed E-state index contributed by atoms with van der Waals surface area (Å²) in [5.41, 5.74) is 3.13. The van der Waals surface area contributed by atoms with E-state index in [1.54, 1.807) is 35.2 Å². The van der Waals surface area contributed by atoms with Gasteiger partial charge in [0.25, 0.3) is 0 Å². The number of nitrogens with zero attached hydrogens (tertiary/aromatic N) is 1. The Morgan fingerprint density at radius 1 is 1.03 bits per heavy atom. The minimum atomic E-state index is -1.17. The number of ketones is 1. The van der Waals surface area contributed by atoms with Crippen LogP contribution in [0.25, 0.3) is 0 Å². The third-order valence-corrected chi connectivity index (χ3v) is 5.68. The number of Topliss-reactive ketones (excluding diaryl/α,β-unsaturated/α-hetero) is 1. The normalized spacial score (nSPS) is 13.4. The molecule has 3 rings (SSSR count). The number of halogens is 1. The number of benzene rings is 2. The van der Waals surface area contributed by atoms with Crippen molar-refractivity contribution in [3.63, 3.8) is 0 Å². The van der Waals surface area contributed by atoms with E-state index in [2.05, 4.69) is 5.32 Å². The lowest BCUT2D eigenvalue weighted by molar-refractivity contribution is 0.0962. The van der Waals surface area contributed by atoms with Gasteiger partial charge in [-0.1, -0.05) is 47.6 Å². The summed E-state index contributed by atoms with van der Waals surface area (Å²) in [6.07, 6.45) is -1.17. The molecule has 2 aromatic carbocycles. The van der Waals surface area contributed by atoms with Gasteiger partial charge in [0, 0.05) is 34.5 Å². The van der Waals surface area contributed by atoms with Crippen molar-refractivity contribution >= 4 is 40.4 Å². The molecule has 0 saturated heterocycles. The van der Waals surface area contributed by atoms with Crippen LogP contribution < -0.4 is 5.32 Å². The molecule has 2 aromatic rings. The maximum atomic E-state index is 13.3. The second kappa shape index (κ2) is 9.17. The average Bonchev–Trinajstić information content (AvgIpc) is 2.95. The number of hydrogen-bond donors (Lipinski definition) is 4. The SMILES string of the molecule is Br.CC(C)(C)c1cc(C(=O)CN2Cc3ccc(NC(=O)O)cc3C2=N)cc(C(C)(C)C)c1O. The number of aromatic hydroxyl groups is 1. The highest BCUT2D eigenvalue weighted by atomic mass is 79.9. The summed E-state index contributed by atoms with van der Waals surface area (Å²) < 4.78 is 0. The van der Waals surface area contributed by atoms with Gasteiger partial charge in [-0.25, -0.2) is 4.79 Å².